The van der Waals surface area contributed by atoms with Gasteiger partial charge in [0, 0.05) is 19.5 Å². The third-order valence-corrected chi connectivity index (χ3v) is 3.48. The lowest BCUT2D eigenvalue weighted by atomic mass is 9.84. The number of amides is 1. The summed E-state index contributed by atoms with van der Waals surface area (Å²) in [6, 6.07) is 0. The van der Waals surface area contributed by atoms with Crippen molar-refractivity contribution in [3.63, 3.8) is 0 Å². The number of carbonyl (C=O) groups is 2. The molecule has 5 heteroatoms. The summed E-state index contributed by atoms with van der Waals surface area (Å²) in [5, 5.41) is 11.8. The Labute approximate surface area is 109 Å². The van der Waals surface area contributed by atoms with Gasteiger partial charge in [0.2, 0.25) is 5.91 Å². The van der Waals surface area contributed by atoms with Gasteiger partial charge in [-0.25, -0.2) is 0 Å². The zero-order valence-corrected chi connectivity index (χ0v) is 11.4. The fraction of sp³-hybridized carbons (Fsp3) is 0.846. The molecule has 5 nitrogen and oxygen atoms in total. The van der Waals surface area contributed by atoms with Crippen LogP contribution < -0.4 is 5.32 Å². The maximum absolute atomic E-state index is 11.6. The highest BCUT2D eigenvalue weighted by Crippen LogP contribution is 2.25. The molecule has 0 spiro atoms. The van der Waals surface area contributed by atoms with Crippen molar-refractivity contribution in [3.8, 4) is 0 Å². The Kier molecular flexibility index (Phi) is 5.59. The Balaban J connectivity index is 2.08. The van der Waals surface area contributed by atoms with Gasteiger partial charge in [0.25, 0.3) is 0 Å². The zero-order chi connectivity index (χ0) is 13.6. The molecule has 1 aliphatic rings. The number of hydrogen-bond donors (Lipinski definition) is 2. The van der Waals surface area contributed by atoms with Crippen molar-refractivity contribution in [3.05, 3.63) is 0 Å². The van der Waals surface area contributed by atoms with E-state index in [-0.39, 0.29) is 17.7 Å². The third-order valence-electron chi connectivity index (χ3n) is 3.48. The normalized spacial score (nSPS) is 15.3. The number of carbonyl (C=O) groups excluding carboxylic acids is 1. The molecule has 1 rings (SSSR count). The summed E-state index contributed by atoms with van der Waals surface area (Å²) in [7, 11) is 0. The SMILES string of the molecule is CC(C)(CCNCC(=O)N1CCC1)CCC(=O)O. The van der Waals surface area contributed by atoms with Gasteiger partial charge in [-0.15, -0.1) is 0 Å². The molecular formula is C13H24N2O3. The second-order valence-electron chi connectivity index (χ2n) is 5.72. The molecule has 0 aromatic heterocycles. The second-order valence-corrected chi connectivity index (χ2v) is 5.72. The number of carboxylic acid groups (broad SMARTS) is 1. The van der Waals surface area contributed by atoms with Crippen molar-refractivity contribution < 1.29 is 14.7 Å². The quantitative estimate of drug-likeness (QED) is 0.638. The fourth-order valence-electron chi connectivity index (χ4n) is 1.87. The van der Waals surface area contributed by atoms with E-state index in [1.165, 1.54) is 0 Å². The van der Waals surface area contributed by atoms with Crippen LogP contribution in [0.4, 0.5) is 0 Å². The second kappa shape index (κ2) is 6.73. The van der Waals surface area contributed by atoms with E-state index in [1.54, 1.807) is 0 Å². The fourth-order valence-corrected chi connectivity index (χ4v) is 1.87. The Morgan fingerprint density at radius 2 is 1.94 bits per heavy atom. The van der Waals surface area contributed by atoms with Crippen molar-refractivity contribution in [1.29, 1.82) is 0 Å². The number of likely N-dealkylation sites (tertiary alicyclic amines) is 1. The summed E-state index contributed by atoms with van der Waals surface area (Å²) >= 11 is 0. The molecule has 0 aromatic rings. The average molecular weight is 256 g/mol. The first kappa shape index (κ1) is 15.0. The smallest absolute Gasteiger partial charge is 0.303 e. The van der Waals surface area contributed by atoms with E-state index in [0.29, 0.717) is 13.0 Å². The molecule has 2 N–H and O–H groups in total. The van der Waals surface area contributed by atoms with E-state index in [4.69, 9.17) is 5.11 Å². The molecule has 0 saturated carbocycles. The van der Waals surface area contributed by atoms with Crippen LogP contribution in [0.15, 0.2) is 0 Å². The molecule has 1 fully saturated rings. The standard InChI is InChI=1S/C13H24N2O3/c1-13(2,5-4-12(17)18)6-7-14-10-11(16)15-8-3-9-15/h14H,3-10H2,1-2H3,(H,17,18). The van der Waals surface area contributed by atoms with E-state index in [9.17, 15) is 9.59 Å². The summed E-state index contributed by atoms with van der Waals surface area (Å²) in [5.41, 5.74) is 0.00515. The van der Waals surface area contributed by atoms with Gasteiger partial charge < -0.3 is 15.3 Å². The van der Waals surface area contributed by atoms with Crippen LogP contribution in [0.2, 0.25) is 0 Å². The van der Waals surface area contributed by atoms with Crippen LogP contribution in [-0.4, -0.2) is 48.1 Å². The molecule has 0 radical (unpaired) electrons. The van der Waals surface area contributed by atoms with Crippen LogP contribution in [0.3, 0.4) is 0 Å². The van der Waals surface area contributed by atoms with E-state index in [0.717, 1.165) is 32.5 Å². The highest BCUT2D eigenvalue weighted by molar-refractivity contribution is 5.78. The lowest BCUT2D eigenvalue weighted by Crippen LogP contribution is -2.46. The Hall–Kier alpha value is -1.10. The van der Waals surface area contributed by atoms with Crippen molar-refractivity contribution in [2.24, 2.45) is 5.41 Å². The number of nitrogens with zero attached hydrogens (tertiary/aromatic N) is 1. The molecule has 1 saturated heterocycles. The van der Waals surface area contributed by atoms with Gasteiger partial charge in [-0.1, -0.05) is 13.8 Å². The van der Waals surface area contributed by atoms with Crippen molar-refractivity contribution >= 4 is 11.9 Å². The number of aliphatic carboxylic acids is 1. The van der Waals surface area contributed by atoms with Gasteiger partial charge in [0.05, 0.1) is 6.54 Å². The van der Waals surface area contributed by atoms with E-state index in [2.05, 4.69) is 19.2 Å². The Bertz CT molecular complexity index is 299. The number of hydrogen-bond acceptors (Lipinski definition) is 3. The maximum atomic E-state index is 11.6. The molecule has 0 bridgehead atoms. The van der Waals surface area contributed by atoms with E-state index < -0.39 is 5.97 Å². The first-order valence-corrected chi connectivity index (χ1v) is 6.61. The minimum absolute atomic E-state index is 0.00515. The van der Waals surface area contributed by atoms with Crippen molar-refractivity contribution in [2.75, 3.05) is 26.2 Å². The van der Waals surface area contributed by atoms with E-state index in [1.807, 2.05) is 4.90 Å². The molecule has 0 aliphatic carbocycles. The predicted molar refractivity (Wildman–Crippen MR) is 69.3 cm³/mol. The van der Waals surface area contributed by atoms with E-state index >= 15 is 0 Å². The largest absolute Gasteiger partial charge is 0.481 e. The van der Waals surface area contributed by atoms with Crippen LogP contribution in [-0.2, 0) is 9.59 Å². The van der Waals surface area contributed by atoms with Crippen LogP contribution in [0.5, 0.6) is 0 Å². The van der Waals surface area contributed by atoms with Gasteiger partial charge in [-0.2, -0.15) is 0 Å². The summed E-state index contributed by atoms with van der Waals surface area (Å²) in [6.45, 7) is 7.07. The number of carboxylic acids is 1. The number of rotatable bonds is 8. The van der Waals surface area contributed by atoms with Crippen LogP contribution in [0.25, 0.3) is 0 Å². The first-order valence-electron chi connectivity index (χ1n) is 6.61. The van der Waals surface area contributed by atoms with Crippen LogP contribution in [0.1, 0.15) is 39.5 Å². The molecule has 18 heavy (non-hydrogen) atoms. The van der Waals surface area contributed by atoms with Gasteiger partial charge in [-0.05, 0) is 31.2 Å². The van der Waals surface area contributed by atoms with Crippen molar-refractivity contribution in [2.45, 2.75) is 39.5 Å². The molecule has 0 aromatic carbocycles. The molecule has 1 amide bonds. The Morgan fingerprint density at radius 1 is 1.28 bits per heavy atom. The zero-order valence-electron chi connectivity index (χ0n) is 11.4. The van der Waals surface area contributed by atoms with Crippen molar-refractivity contribution in [1.82, 2.24) is 10.2 Å². The molecular weight excluding hydrogens is 232 g/mol. The third kappa shape index (κ3) is 5.49. The molecule has 104 valence electrons. The maximum Gasteiger partial charge on any atom is 0.303 e. The highest BCUT2D eigenvalue weighted by Gasteiger charge is 2.21. The average Bonchev–Trinajstić information content (AvgIpc) is 2.19. The topological polar surface area (TPSA) is 69.6 Å². The number of nitrogens with one attached hydrogen (secondary N) is 1. The van der Waals surface area contributed by atoms with Crippen LogP contribution >= 0.6 is 0 Å². The molecule has 0 unspecified atom stereocenters. The summed E-state index contributed by atoms with van der Waals surface area (Å²) < 4.78 is 0. The molecule has 1 aliphatic heterocycles. The minimum Gasteiger partial charge on any atom is -0.481 e. The highest BCUT2D eigenvalue weighted by atomic mass is 16.4. The van der Waals surface area contributed by atoms with Gasteiger partial charge >= 0.3 is 5.97 Å². The van der Waals surface area contributed by atoms with Crippen LogP contribution in [0, 0.1) is 5.41 Å². The predicted octanol–water partition coefficient (Wildman–Crippen LogP) is 1.09. The monoisotopic (exact) mass is 256 g/mol. The minimum atomic E-state index is -0.746. The van der Waals surface area contributed by atoms with Gasteiger partial charge in [-0.3, -0.25) is 9.59 Å². The van der Waals surface area contributed by atoms with Gasteiger partial charge in [0.15, 0.2) is 0 Å². The molecule has 0 atom stereocenters. The summed E-state index contributed by atoms with van der Waals surface area (Å²) in [4.78, 5) is 23.9. The summed E-state index contributed by atoms with van der Waals surface area (Å²) in [5.74, 6) is -0.575. The lowest BCUT2D eigenvalue weighted by molar-refractivity contribution is -0.137. The first-order chi connectivity index (χ1) is 8.41. The Morgan fingerprint density at radius 3 is 2.44 bits per heavy atom. The summed E-state index contributed by atoms with van der Waals surface area (Å²) in [6.07, 6.45) is 2.88. The lowest BCUT2D eigenvalue weighted by Gasteiger charge is -2.31. The van der Waals surface area contributed by atoms with Gasteiger partial charge in [0.1, 0.15) is 0 Å². The molecule has 1 heterocycles.